The van der Waals surface area contributed by atoms with Gasteiger partial charge in [0.25, 0.3) is 5.91 Å². The Morgan fingerprint density at radius 1 is 1.33 bits per heavy atom. The summed E-state index contributed by atoms with van der Waals surface area (Å²) in [4.78, 5) is 14.7. The Balaban J connectivity index is 1.57. The fourth-order valence-electron chi connectivity index (χ4n) is 3.35. The molecule has 2 aromatic rings. The van der Waals surface area contributed by atoms with Crippen LogP contribution in [0.25, 0.3) is 0 Å². The lowest BCUT2D eigenvalue weighted by molar-refractivity contribution is 0.0948. The summed E-state index contributed by atoms with van der Waals surface area (Å²) in [7, 11) is 0. The molecule has 0 fully saturated rings. The standard InChI is InChI=1S/C19H26N4O/c1-3-23(15-8-6-7-14(2)13-15)12-11-20-19(24)18-16-9-4-5-10-17(16)21-22-18/h6-8,13H,3-5,9-12H2,1-2H3,(H,20,24)(H,21,22). The maximum Gasteiger partial charge on any atom is 0.272 e. The molecule has 1 aromatic heterocycles. The van der Waals surface area contributed by atoms with Crippen LogP contribution >= 0.6 is 0 Å². The Morgan fingerprint density at radius 3 is 2.96 bits per heavy atom. The van der Waals surface area contributed by atoms with E-state index in [9.17, 15) is 4.79 Å². The molecule has 3 rings (SSSR count). The van der Waals surface area contributed by atoms with E-state index < -0.39 is 0 Å². The summed E-state index contributed by atoms with van der Waals surface area (Å²) < 4.78 is 0. The Morgan fingerprint density at radius 2 is 2.17 bits per heavy atom. The molecular weight excluding hydrogens is 300 g/mol. The number of nitrogens with zero attached hydrogens (tertiary/aromatic N) is 2. The van der Waals surface area contributed by atoms with Crippen LogP contribution in [0, 0.1) is 6.92 Å². The van der Waals surface area contributed by atoms with Crippen LogP contribution in [0.1, 0.15) is 47.1 Å². The van der Waals surface area contributed by atoms with E-state index in [1.54, 1.807) is 0 Å². The minimum Gasteiger partial charge on any atom is -0.370 e. The number of H-pyrrole nitrogens is 1. The Labute approximate surface area is 143 Å². The summed E-state index contributed by atoms with van der Waals surface area (Å²) in [6.07, 6.45) is 4.29. The number of rotatable bonds is 6. The van der Waals surface area contributed by atoms with Gasteiger partial charge in [0, 0.05) is 36.6 Å². The van der Waals surface area contributed by atoms with E-state index in [-0.39, 0.29) is 5.91 Å². The molecule has 1 aromatic carbocycles. The van der Waals surface area contributed by atoms with Gasteiger partial charge in [0.2, 0.25) is 0 Å². The van der Waals surface area contributed by atoms with Gasteiger partial charge in [-0.15, -0.1) is 0 Å². The van der Waals surface area contributed by atoms with E-state index in [1.165, 1.54) is 17.7 Å². The summed E-state index contributed by atoms with van der Waals surface area (Å²) in [5.41, 5.74) is 5.29. The highest BCUT2D eigenvalue weighted by Crippen LogP contribution is 2.22. The first kappa shape index (κ1) is 16.6. The third kappa shape index (κ3) is 3.61. The van der Waals surface area contributed by atoms with Gasteiger partial charge in [-0.2, -0.15) is 5.10 Å². The number of anilines is 1. The zero-order valence-electron chi connectivity index (χ0n) is 14.6. The lowest BCUT2D eigenvalue weighted by atomic mass is 9.96. The predicted molar refractivity (Wildman–Crippen MR) is 96.6 cm³/mol. The molecule has 1 amide bonds. The lowest BCUT2D eigenvalue weighted by Gasteiger charge is -2.23. The van der Waals surface area contributed by atoms with Crippen LogP contribution in [0.3, 0.4) is 0 Å². The first-order chi connectivity index (χ1) is 11.7. The Hall–Kier alpha value is -2.30. The number of amides is 1. The lowest BCUT2D eigenvalue weighted by Crippen LogP contribution is -2.35. The van der Waals surface area contributed by atoms with Crippen molar-refractivity contribution in [3.8, 4) is 0 Å². The molecule has 1 aliphatic carbocycles. The smallest absolute Gasteiger partial charge is 0.272 e. The number of carbonyl (C=O) groups is 1. The molecule has 0 saturated heterocycles. The first-order valence-corrected chi connectivity index (χ1v) is 8.85. The van der Waals surface area contributed by atoms with Gasteiger partial charge in [-0.3, -0.25) is 9.89 Å². The average Bonchev–Trinajstić information content (AvgIpc) is 3.03. The molecule has 0 atom stereocenters. The second-order valence-corrected chi connectivity index (χ2v) is 6.41. The monoisotopic (exact) mass is 326 g/mol. The van der Waals surface area contributed by atoms with Crippen LogP contribution in [0.2, 0.25) is 0 Å². The van der Waals surface area contributed by atoms with E-state index in [1.807, 2.05) is 0 Å². The number of carbonyl (C=O) groups excluding carboxylic acids is 1. The Bertz CT molecular complexity index is 707. The molecule has 1 heterocycles. The first-order valence-electron chi connectivity index (χ1n) is 8.85. The van der Waals surface area contributed by atoms with Gasteiger partial charge in [0.1, 0.15) is 0 Å². The summed E-state index contributed by atoms with van der Waals surface area (Å²) in [5.74, 6) is -0.0605. The summed E-state index contributed by atoms with van der Waals surface area (Å²) in [6.45, 7) is 6.55. The maximum atomic E-state index is 12.4. The zero-order chi connectivity index (χ0) is 16.9. The van der Waals surface area contributed by atoms with E-state index in [0.717, 1.165) is 43.6 Å². The van der Waals surface area contributed by atoms with Crippen LogP contribution in [0.15, 0.2) is 24.3 Å². The second-order valence-electron chi connectivity index (χ2n) is 6.41. The van der Waals surface area contributed by atoms with Crippen molar-refractivity contribution in [1.29, 1.82) is 0 Å². The van der Waals surface area contributed by atoms with Gasteiger partial charge in [-0.1, -0.05) is 12.1 Å². The van der Waals surface area contributed by atoms with Crippen molar-refractivity contribution < 1.29 is 4.79 Å². The van der Waals surface area contributed by atoms with Crippen molar-refractivity contribution >= 4 is 11.6 Å². The third-order valence-electron chi connectivity index (χ3n) is 4.69. The number of aryl methyl sites for hydroxylation is 2. The van der Waals surface area contributed by atoms with Crippen molar-refractivity contribution in [2.45, 2.75) is 39.5 Å². The topological polar surface area (TPSA) is 61.0 Å². The summed E-state index contributed by atoms with van der Waals surface area (Å²) in [5, 5.41) is 10.3. The molecule has 0 spiro atoms. The molecule has 0 unspecified atom stereocenters. The van der Waals surface area contributed by atoms with Gasteiger partial charge in [-0.25, -0.2) is 0 Å². The van der Waals surface area contributed by atoms with Gasteiger partial charge in [0.05, 0.1) is 0 Å². The number of benzene rings is 1. The van der Waals surface area contributed by atoms with Crippen LogP contribution < -0.4 is 10.2 Å². The van der Waals surface area contributed by atoms with E-state index in [4.69, 9.17) is 0 Å². The molecule has 0 saturated carbocycles. The quantitative estimate of drug-likeness (QED) is 0.858. The second kappa shape index (κ2) is 7.51. The molecule has 24 heavy (non-hydrogen) atoms. The number of nitrogens with one attached hydrogen (secondary N) is 2. The molecule has 0 bridgehead atoms. The zero-order valence-corrected chi connectivity index (χ0v) is 14.6. The Kier molecular flexibility index (Phi) is 5.18. The summed E-state index contributed by atoms with van der Waals surface area (Å²) >= 11 is 0. The number of hydrogen-bond donors (Lipinski definition) is 2. The largest absolute Gasteiger partial charge is 0.370 e. The third-order valence-corrected chi connectivity index (χ3v) is 4.69. The highest BCUT2D eigenvalue weighted by Gasteiger charge is 2.21. The van der Waals surface area contributed by atoms with Crippen molar-refractivity contribution in [2.75, 3.05) is 24.5 Å². The maximum absolute atomic E-state index is 12.4. The van der Waals surface area contributed by atoms with Crippen LogP contribution in [-0.4, -0.2) is 35.7 Å². The molecule has 1 aliphatic rings. The van der Waals surface area contributed by atoms with E-state index in [2.05, 4.69) is 58.5 Å². The fraction of sp³-hybridized carbons (Fsp3) is 0.474. The van der Waals surface area contributed by atoms with Gasteiger partial charge < -0.3 is 10.2 Å². The van der Waals surface area contributed by atoms with E-state index in [0.29, 0.717) is 12.2 Å². The normalized spacial score (nSPS) is 13.4. The average molecular weight is 326 g/mol. The predicted octanol–water partition coefficient (Wildman–Crippen LogP) is 2.85. The number of fused-ring (bicyclic) bond motifs is 1. The van der Waals surface area contributed by atoms with Crippen LogP contribution in [0.4, 0.5) is 5.69 Å². The summed E-state index contributed by atoms with van der Waals surface area (Å²) in [6, 6.07) is 8.46. The highest BCUT2D eigenvalue weighted by molar-refractivity contribution is 5.94. The molecular formula is C19H26N4O. The molecule has 5 nitrogen and oxygen atoms in total. The molecule has 5 heteroatoms. The van der Waals surface area contributed by atoms with Crippen molar-refractivity contribution in [3.63, 3.8) is 0 Å². The van der Waals surface area contributed by atoms with Gasteiger partial charge in [-0.05, 0) is 57.2 Å². The number of hydrogen-bond acceptors (Lipinski definition) is 3. The number of aromatic amines is 1. The molecule has 0 aliphatic heterocycles. The van der Waals surface area contributed by atoms with Gasteiger partial charge in [0.15, 0.2) is 5.69 Å². The van der Waals surface area contributed by atoms with Gasteiger partial charge >= 0.3 is 0 Å². The highest BCUT2D eigenvalue weighted by atomic mass is 16.1. The van der Waals surface area contributed by atoms with Crippen molar-refractivity contribution in [2.24, 2.45) is 0 Å². The van der Waals surface area contributed by atoms with Crippen LogP contribution in [-0.2, 0) is 12.8 Å². The number of aromatic nitrogens is 2. The minimum atomic E-state index is -0.0605. The minimum absolute atomic E-state index is 0.0605. The number of likely N-dealkylation sites (N-methyl/N-ethyl adjacent to an activating group) is 1. The molecule has 2 N–H and O–H groups in total. The molecule has 128 valence electrons. The molecule has 0 radical (unpaired) electrons. The van der Waals surface area contributed by atoms with Crippen molar-refractivity contribution in [3.05, 3.63) is 46.8 Å². The van der Waals surface area contributed by atoms with E-state index >= 15 is 0 Å². The van der Waals surface area contributed by atoms with Crippen molar-refractivity contribution in [1.82, 2.24) is 15.5 Å². The fourth-order valence-corrected chi connectivity index (χ4v) is 3.35. The SMILES string of the molecule is CCN(CCNC(=O)c1n[nH]c2c1CCCC2)c1cccc(C)c1. The van der Waals surface area contributed by atoms with Crippen LogP contribution in [0.5, 0.6) is 0 Å².